The molecule has 1 heterocycles. The topological polar surface area (TPSA) is 156 Å². The van der Waals surface area contributed by atoms with E-state index < -0.39 is 43.2 Å². The Morgan fingerprint density at radius 2 is 2.00 bits per heavy atom. The van der Waals surface area contributed by atoms with Gasteiger partial charge in [-0.15, -0.1) is 0 Å². The van der Waals surface area contributed by atoms with Crippen LogP contribution in [0.3, 0.4) is 0 Å². The maximum absolute atomic E-state index is 11.3. The first-order chi connectivity index (χ1) is 10.8. The first kappa shape index (κ1) is 17.3. The molecule has 1 saturated heterocycles. The van der Waals surface area contributed by atoms with Crippen LogP contribution < -0.4 is 5.32 Å². The summed E-state index contributed by atoms with van der Waals surface area (Å²) in [6.07, 6.45) is -0.944. The van der Waals surface area contributed by atoms with E-state index in [1.165, 1.54) is 25.2 Å². The zero-order valence-electron chi connectivity index (χ0n) is 12.4. The second kappa shape index (κ2) is 7.01. The van der Waals surface area contributed by atoms with E-state index in [-0.39, 0.29) is 17.2 Å². The maximum atomic E-state index is 11.3. The van der Waals surface area contributed by atoms with Gasteiger partial charge in [0.25, 0.3) is 0 Å². The highest BCUT2D eigenvalue weighted by atomic mass is 16.7. The van der Waals surface area contributed by atoms with Gasteiger partial charge in [-0.2, -0.15) is 0 Å². The van der Waals surface area contributed by atoms with Gasteiger partial charge in [-0.3, -0.25) is 15.6 Å². The molecular weight excluding hydrogens is 306 g/mol. The predicted octanol–water partition coefficient (Wildman–Crippen LogP) is -1.56. The van der Waals surface area contributed by atoms with Crippen molar-refractivity contribution in [2.24, 2.45) is 0 Å². The smallest absolute Gasteiger partial charge is 0.223 e. The van der Waals surface area contributed by atoms with Gasteiger partial charge >= 0.3 is 0 Å². The molecule has 5 atom stereocenters. The minimum Gasteiger partial charge on any atom is -0.462 e. The predicted molar refractivity (Wildman–Crippen MR) is 79.1 cm³/mol. The van der Waals surface area contributed by atoms with Crippen molar-refractivity contribution in [2.45, 2.75) is 37.6 Å². The third-order valence-corrected chi connectivity index (χ3v) is 3.49. The van der Waals surface area contributed by atoms with Crippen molar-refractivity contribution in [1.29, 1.82) is 10.8 Å². The van der Waals surface area contributed by atoms with Gasteiger partial charge in [-0.05, 0) is 12.2 Å². The molecule has 0 bridgehead atoms. The number of aliphatic hydroxyl groups excluding tert-OH is 3. The number of carbonyl (C=O) groups excluding carboxylic acids is 1. The molecule has 1 aliphatic heterocycles. The number of rotatable bonds is 4. The summed E-state index contributed by atoms with van der Waals surface area (Å²) in [7, 11) is 0. The SMILES string of the molecule is CC(=O)N[C@@H]1C(OC2=CC(=N)C(=N)C=C2)OC(CO)C(O)C1O. The van der Waals surface area contributed by atoms with Crippen LogP contribution in [-0.2, 0) is 14.3 Å². The van der Waals surface area contributed by atoms with E-state index in [0.29, 0.717) is 0 Å². The number of nitrogens with one attached hydrogen (secondary N) is 3. The highest BCUT2D eigenvalue weighted by molar-refractivity contribution is 6.48. The molecule has 0 aromatic carbocycles. The minimum atomic E-state index is -1.40. The van der Waals surface area contributed by atoms with Gasteiger partial charge in [0, 0.05) is 13.0 Å². The summed E-state index contributed by atoms with van der Waals surface area (Å²) in [5.41, 5.74) is -0.0438. The van der Waals surface area contributed by atoms with Gasteiger partial charge in [-0.25, -0.2) is 0 Å². The molecule has 0 saturated carbocycles. The van der Waals surface area contributed by atoms with Crippen LogP contribution in [0, 0.1) is 10.8 Å². The Morgan fingerprint density at radius 1 is 1.30 bits per heavy atom. The molecule has 0 radical (unpaired) electrons. The molecule has 1 aliphatic carbocycles. The normalized spacial score (nSPS) is 34.1. The average molecular weight is 325 g/mol. The van der Waals surface area contributed by atoms with Gasteiger partial charge < -0.3 is 30.1 Å². The summed E-state index contributed by atoms with van der Waals surface area (Å²) < 4.78 is 10.9. The van der Waals surface area contributed by atoms with E-state index >= 15 is 0 Å². The van der Waals surface area contributed by atoms with Crippen LogP contribution in [0.1, 0.15) is 6.92 Å². The molecule has 0 aromatic heterocycles. The third-order valence-electron chi connectivity index (χ3n) is 3.49. The fourth-order valence-electron chi connectivity index (χ4n) is 2.30. The van der Waals surface area contributed by atoms with Crippen molar-refractivity contribution >= 4 is 17.3 Å². The Balaban J connectivity index is 2.19. The number of aliphatic hydroxyl groups is 3. The van der Waals surface area contributed by atoms with E-state index in [2.05, 4.69) is 5.32 Å². The van der Waals surface area contributed by atoms with E-state index in [0.717, 1.165) is 0 Å². The molecule has 6 N–H and O–H groups in total. The Kier molecular flexibility index (Phi) is 5.26. The molecule has 2 rings (SSSR count). The second-order valence-electron chi connectivity index (χ2n) is 5.26. The Bertz CT molecular complexity index is 573. The summed E-state index contributed by atoms with van der Waals surface area (Å²) in [5, 5.41) is 46.7. The van der Waals surface area contributed by atoms with Gasteiger partial charge in [0.1, 0.15) is 30.1 Å². The number of hydrogen-bond donors (Lipinski definition) is 6. The zero-order valence-corrected chi connectivity index (χ0v) is 12.4. The molecule has 23 heavy (non-hydrogen) atoms. The second-order valence-corrected chi connectivity index (χ2v) is 5.26. The first-order valence-corrected chi connectivity index (χ1v) is 6.97. The lowest BCUT2D eigenvalue weighted by molar-refractivity contribution is -0.258. The highest BCUT2D eigenvalue weighted by Gasteiger charge is 2.46. The molecule has 0 aromatic rings. The lowest BCUT2D eigenvalue weighted by Crippen LogP contribution is -2.64. The molecule has 126 valence electrons. The fraction of sp³-hybridized carbons (Fsp3) is 0.500. The largest absolute Gasteiger partial charge is 0.462 e. The number of amides is 1. The van der Waals surface area contributed by atoms with Crippen molar-refractivity contribution in [2.75, 3.05) is 6.61 Å². The summed E-state index contributed by atoms with van der Waals surface area (Å²) >= 11 is 0. The fourth-order valence-corrected chi connectivity index (χ4v) is 2.30. The average Bonchev–Trinajstić information content (AvgIpc) is 2.50. The lowest BCUT2D eigenvalue weighted by Gasteiger charge is -2.42. The highest BCUT2D eigenvalue weighted by Crippen LogP contribution is 2.24. The number of carbonyl (C=O) groups is 1. The third kappa shape index (κ3) is 3.82. The van der Waals surface area contributed by atoms with Gasteiger partial charge in [0.15, 0.2) is 0 Å². The van der Waals surface area contributed by atoms with Crippen molar-refractivity contribution in [3.63, 3.8) is 0 Å². The molecular formula is C14H19N3O6. The van der Waals surface area contributed by atoms with Gasteiger partial charge in [0.2, 0.25) is 12.2 Å². The van der Waals surface area contributed by atoms with Crippen molar-refractivity contribution in [3.8, 4) is 0 Å². The molecule has 1 amide bonds. The van der Waals surface area contributed by atoms with Crippen LogP contribution in [-0.4, -0.2) is 69.9 Å². The van der Waals surface area contributed by atoms with Crippen LogP contribution in [0.5, 0.6) is 0 Å². The molecule has 2 aliphatic rings. The summed E-state index contributed by atoms with van der Waals surface area (Å²) in [6, 6.07) is -1.06. The summed E-state index contributed by atoms with van der Waals surface area (Å²) in [6.45, 7) is 0.700. The number of hydrogen-bond acceptors (Lipinski definition) is 8. The molecule has 9 heteroatoms. The first-order valence-electron chi connectivity index (χ1n) is 6.97. The quantitative estimate of drug-likeness (QED) is 0.343. The van der Waals surface area contributed by atoms with Crippen LogP contribution in [0.25, 0.3) is 0 Å². The van der Waals surface area contributed by atoms with Gasteiger partial charge in [-0.1, -0.05) is 0 Å². The Hall–Kier alpha value is -2.07. The van der Waals surface area contributed by atoms with Crippen LogP contribution in [0.2, 0.25) is 0 Å². The zero-order chi connectivity index (χ0) is 17.1. The number of allylic oxidation sites excluding steroid dienone is 3. The minimum absolute atomic E-state index is 0.0176. The van der Waals surface area contributed by atoms with E-state index in [9.17, 15) is 20.1 Å². The van der Waals surface area contributed by atoms with Crippen molar-refractivity contribution < 1.29 is 29.6 Å². The molecule has 1 fully saturated rings. The van der Waals surface area contributed by atoms with Crippen LogP contribution in [0.4, 0.5) is 0 Å². The van der Waals surface area contributed by atoms with E-state index in [1.54, 1.807) is 0 Å². The molecule has 9 nitrogen and oxygen atoms in total. The Labute approximate surface area is 132 Å². The standard InChI is InChI=1S/C14H19N3O6/c1-6(19)17-11-13(21)12(20)10(5-18)23-14(11)22-7-2-3-8(15)9(16)4-7/h2-4,10-16,18,20-21H,5H2,1H3,(H,17,19)/t10?,11-,12?,13?,14?/m0/s1. The molecule has 0 spiro atoms. The molecule has 4 unspecified atom stereocenters. The van der Waals surface area contributed by atoms with Crippen LogP contribution in [0.15, 0.2) is 24.0 Å². The number of ether oxygens (including phenoxy) is 2. The Morgan fingerprint density at radius 3 is 2.57 bits per heavy atom. The van der Waals surface area contributed by atoms with Crippen LogP contribution >= 0.6 is 0 Å². The summed E-state index contributed by atoms with van der Waals surface area (Å²) in [4.78, 5) is 11.3. The maximum Gasteiger partial charge on any atom is 0.223 e. The monoisotopic (exact) mass is 325 g/mol. The van der Waals surface area contributed by atoms with Gasteiger partial charge in [0.05, 0.1) is 18.0 Å². The van der Waals surface area contributed by atoms with E-state index in [4.69, 9.17) is 20.3 Å². The van der Waals surface area contributed by atoms with Crippen molar-refractivity contribution in [1.82, 2.24) is 5.32 Å². The van der Waals surface area contributed by atoms with E-state index in [1.807, 2.05) is 0 Å². The summed E-state index contributed by atoms with van der Waals surface area (Å²) in [5.74, 6) is -0.254. The lowest BCUT2D eigenvalue weighted by atomic mass is 9.97. The van der Waals surface area contributed by atoms with Crippen molar-refractivity contribution in [3.05, 3.63) is 24.0 Å².